The maximum absolute atomic E-state index is 14.7. The molecule has 0 N–H and O–H groups in total. The fourth-order valence-corrected chi connectivity index (χ4v) is 4.56. The molecule has 38 heavy (non-hydrogen) atoms. The lowest BCUT2D eigenvalue weighted by molar-refractivity contribution is -0.643. The van der Waals surface area contributed by atoms with Crippen LogP contribution in [0, 0.1) is 0 Å². The van der Waals surface area contributed by atoms with Gasteiger partial charge in [-0.2, -0.15) is 74.6 Å². The minimum absolute atomic E-state index is 1.04. The molecule has 4 saturated carbocycles. The van der Waals surface area contributed by atoms with Gasteiger partial charge < -0.3 is 0 Å². The summed E-state index contributed by atoms with van der Waals surface area (Å²) in [5.41, 5.74) is -34.3. The summed E-state index contributed by atoms with van der Waals surface area (Å²) in [6.45, 7) is 0. The first-order valence-electron chi connectivity index (χ1n) is 8.40. The van der Waals surface area contributed by atoms with Gasteiger partial charge in [-0.25, -0.2) is 13.2 Å². The number of ether oxygens (including phenoxy) is 1. The van der Waals surface area contributed by atoms with E-state index in [0.717, 1.165) is 9.88 Å². The van der Waals surface area contributed by atoms with Crippen LogP contribution in [0.5, 0.6) is 0 Å². The van der Waals surface area contributed by atoms with E-state index in [4.69, 9.17) is 0 Å². The second-order valence-corrected chi connectivity index (χ2v) is 7.99. The summed E-state index contributed by atoms with van der Waals surface area (Å²) in [5, 5.41) is 0. The SMILES string of the molecule is FOC(F)(F)C(F)(OF)C(F)(F)OC12C(F)(F)C3(F)C(F)(F)C(F)(C(F)(F)C(F)(C3(F)F)C1(F)F)C2(F)F. The molecule has 0 radical (unpaired) electrons. The normalized spacial score (nSPS) is 43.1. The molecule has 0 spiro atoms. The van der Waals surface area contributed by atoms with E-state index < -0.39 is 76.2 Å². The van der Waals surface area contributed by atoms with Crippen LogP contribution in [0.3, 0.4) is 0 Å². The highest BCUT2D eigenvalue weighted by Gasteiger charge is 3.24. The zero-order valence-corrected chi connectivity index (χ0v) is 16.0. The smallest absolute Gasteiger partial charge is 0.289 e. The Bertz CT molecular complexity index is 924. The average molecular weight is 622 g/mol. The van der Waals surface area contributed by atoms with Gasteiger partial charge in [0.15, 0.2) is 0 Å². The fraction of sp³-hybridized carbons (Fsp3) is 1.00. The van der Waals surface area contributed by atoms with Crippen molar-refractivity contribution < 1.29 is 111 Å². The summed E-state index contributed by atoms with van der Waals surface area (Å²) in [4.78, 5) is 2.10. The summed E-state index contributed by atoms with van der Waals surface area (Å²) < 4.78 is 310. The van der Waals surface area contributed by atoms with Gasteiger partial charge in [-0.3, -0.25) is 4.74 Å². The van der Waals surface area contributed by atoms with Crippen LogP contribution < -0.4 is 0 Å². The molecule has 4 rings (SSSR count). The van der Waals surface area contributed by atoms with Crippen molar-refractivity contribution in [1.82, 2.24) is 0 Å². The molecule has 0 aromatic carbocycles. The molecule has 4 aliphatic rings. The van der Waals surface area contributed by atoms with E-state index in [9.17, 15) is 96.9 Å². The monoisotopic (exact) mass is 622 g/mol. The van der Waals surface area contributed by atoms with Gasteiger partial charge in [0.2, 0.25) is 0 Å². The number of halogens is 22. The van der Waals surface area contributed by atoms with Crippen LogP contribution >= 0.6 is 0 Å². The molecule has 0 aromatic heterocycles. The molecule has 1 unspecified atom stereocenters. The van der Waals surface area contributed by atoms with Gasteiger partial charge in [0.05, 0.1) is 0 Å². The molecule has 25 heteroatoms. The highest BCUT2D eigenvalue weighted by molar-refractivity contribution is 5.54. The first kappa shape index (κ1) is 30.9. The molecule has 4 aliphatic carbocycles. The van der Waals surface area contributed by atoms with Crippen molar-refractivity contribution in [2.75, 3.05) is 0 Å². The van der Waals surface area contributed by atoms with Crippen molar-refractivity contribution in [2.45, 2.75) is 76.2 Å². The van der Waals surface area contributed by atoms with Gasteiger partial charge in [-0.1, -0.05) is 0 Å². The highest BCUT2D eigenvalue weighted by atomic mass is 19.4. The lowest BCUT2D eigenvalue weighted by Gasteiger charge is -2.74. The molecule has 4 fully saturated rings. The van der Waals surface area contributed by atoms with Gasteiger partial charge in [-0.15, -0.1) is 9.88 Å². The van der Waals surface area contributed by atoms with E-state index >= 15 is 0 Å². The van der Waals surface area contributed by atoms with Crippen molar-refractivity contribution in [1.29, 1.82) is 0 Å². The Kier molecular flexibility index (Phi) is 5.38. The van der Waals surface area contributed by atoms with Crippen molar-refractivity contribution in [3.63, 3.8) is 0 Å². The standard InChI is InChI=1S/C13F22O3/c14-1-5(17,18)2(15)7(21,22)3(16,6(1,19)20)10(27,28)4(8(1,23)24,9(2,25)26)36-12(30,31)11(29,37-34)13(32,33)38-35. The first-order chi connectivity index (χ1) is 16.3. The van der Waals surface area contributed by atoms with Crippen molar-refractivity contribution in [2.24, 2.45) is 0 Å². The third-order valence-corrected chi connectivity index (χ3v) is 6.45. The number of hydrogen-bond acceptors (Lipinski definition) is 3. The third-order valence-electron chi connectivity index (χ3n) is 6.45. The average Bonchev–Trinajstić information content (AvgIpc) is 2.76. The molecule has 0 amide bonds. The molecule has 0 aliphatic heterocycles. The second kappa shape index (κ2) is 6.62. The third kappa shape index (κ3) is 2.05. The Labute approximate surface area is 189 Å². The second-order valence-electron chi connectivity index (χ2n) is 7.99. The van der Waals surface area contributed by atoms with Gasteiger partial charge in [0.1, 0.15) is 0 Å². The van der Waals surface area contributed by atoms with Crippen molar-refractivity contribution in [3.05, 3.63) is 0 Å². The topological polar surface area (TPSA) is 27.7 Å². The zero-order chi connectivity index (χ0) is 30.6. The number of rotatable bonds is 6. The van der Waals surface area contributed by atoms with E-state index in [2.05, 4.69) is 0 Å². The van der Waals surface area contributed by atoms with Crippen LogP contribution in [0.15, 0.2) is 0 Å². The number of alkyl halides is 20. The summed E-state index contributed by atoms with van der Waals surface area (Å²) in [6.07, 6.45) is -15.9. The minimum atomic E-state index is -8.77. The van der Waals surface area contributed by atoms with Crippen LogP contribution in [0.1, 0.15) is 0 Å². The van der Waals surface area contributed by atoms with E-state index in [1.54, 1.807) is 0 Å². The predicted molar refractivity (Wildman–Crippen MR) is 63.1 cm³/mol. The van der Waals surface area contributed by atoms with Crippen LogP contribution in [-0.2, 0) is 14.6 Å². The summed E-state index contributed by atoms with van der Waals surface area (Å²) in [5.74, 6) is -59.6. The predicted octanol–water partition coefficient (Wildman–Crippen LogP) is 6.37. The molecule has 4 bridgehead atoms. The van der Waals surface area contributed by atoms with E-state index in [1.165, 1.54) is 4.74 Å². The van der Waals surface area contributed by atoms with Gasteiger partial charge >= 0.3 is 70.6 Å². The van der Waals surface area contributed by atoms with E-state index in [1.807, 2.05) is 0 Å². The van der Waals surface area contributed by atoms with Gasteiger partial charge in [0, 0.05) is 0 Å². The Morgan fingerprint density at radius 1 is 0.368 bits per heavy atom. The van der Waals surface area contributed by atoms with Gasteiger partial charge in [0.25, 0.3) is 5.60 Å². The molecule has 1 atom stereocenters. The molecule has 0 heterocycles. The molecule has 224 valence electrons. The molecular formula is C13F22O3. The van der Waals surface area contributed by atoms with Gasteiger partial charge in [-0.05, 0) is 9.05 Å². The lowest BCUT2D eigenvalue weighted by Crippen LogP contribution is -3.10. The Balaban J connectivity index is 2.61. The molecule has 3 nitrogen and oxygen atoms in total. The summed E-state index contributed by atoms with van der Waals surface area (Å²) >= 11 is 0. The summed E-state index contributed by atoms with van der Waals surface area (Å²) in [7, 11) is 0. The van der Waals surface area contributed by atoms with Crippen LogP contribution in [-0.4, -0.2) is 76.2 Å². The minimum Gasteiger partial charge on any atom is -0.289 e. The largest absolute Gasteiger partial charge is 0.456 e. The fourth-order valence-electron chi connectivity index (χ4n) is 4.56. The summed E-state index contributed by atoms with van der Waals surface area (Å²) in [6, 6.07) is 0. The van der Waals surface area contributed by atoms with Crippen LogP contribution in [0.2, 0.25) is 0 Å². The maximum atomic E-state index is 14.7. The first-order valence-corrected chi connectivity index (χ1v) is 8.40. The van der Waals surface area contributed by atoms with Crippen LogP contribution in [0.4, 0.5) is 96.9 Å². The maximum Gasteiger partial charge on any atom is 0.456 e. The quantitative estimate of drug-likeness (QED) is 0.323. The van der Waals surface area contributed by atoms with Crippen LogP contribution in [0.25, 0.3) is 0 Å². The lowest BCUT2D eigenvalue weighted by atomic mass is 9.40. The molecule has 0 aromatic rings. The Morgan fingerprint density at radius 3 is 0.842 bits per heavy atom. The van der Waals surface area contributed by atoms with Crippen molar-refractivity contribution >= 4 is 0 Å². The van der Waals surface area contributed by atoms with Crippen molar-refractivity contribution in [3.8, 4) is 0 Å². The Morgan fingerprint density at radius 2 is 0.632 bits per heavy atom. The molecule has 0 saturated heterocycles. The molecular weight excluding hydrogens is 622 g/mol. The Hall–Kier alpha value is -1.66. The van der Waals surface area contributed by atoms with E-state index in [-0.39, 0.29) is 0 Å². The van der Waals surface area contributed by atoms with E-state index in [0.29, 0.717) is 0 Å². The number of hydrogen-bond donors (Lipinski definition) is 0. The highest BCUT2D eigenvalue weighted by Crippen LogP contribution is 2.89. The zero-order valence-electron chi connectivity index (χ0n) is 16.0.